The van der Waals surface area contributed by atoms with Crippen LogP contribution in [0.1, 0.15) is 41.0 Å². The number of rotatable bonds is 3. The fourth-order valence-electron chi connectivity index (χ4n) is 4.54. The van der Waals surface area contributed by atoms with Crippen LogP contribution in [-0.2, 0) is 22.6 Å². The van der Waals surface area contributed by atoms with Gasteiger partial charge in [-0.25, -0.2) is 9.97 Å². The molecule has 0 radical (unpaired) electrons. The second-order valence-electron chi connectivity index (χ2n) is 8.41. The average Bonchev–Trinajstić information content (AvgIpc) is 3.34. The van der Waals surface area contributed by atoms with Gasteiger partial charge in [0.2, 0.25) is 11.9 Å². The molecule has 3 aliphatic rings. The first-order valence-corrected chi connectivity index (χ1v) is 11.0. The first-order valence-electron chi connectivity index (χ1n) is 11.0. The maximum absolute atomic E-state index is 13.2. The van der Waals surface area contributed by atoms with Crippen molar-refractivity contribution in [1.82, 2.24) is 24.7 Å². The minimum absolute atomic E-state index is 0.0491. The van der Waals surface area contributed by atoms with E-state index in [-0.39, 0.29) is 18.3 Å². The number of carbonyl (C=O) groups is 3. The summed E-state index contributed by atoms with van der Waals surface area (Å²) in [5.41, 5.74) is 1.98. The van der Waals surface area contributed by atoms with Crippen LogP contribution in [0.5, 0.6) is 0 Å². The van der Waals surface area contributed by atoms with Crippen LogP contribution in [0.25, 0.3) is 0 Å². The highest BCUT2D eigenvalue weighted by atomic mass is 16.3. The summed E-state index contributed by atoms with van der Waals surface area (Å²) in [5, 5.41) is 20.2. The molecular formula is C21H32N6O5. The van der Waals surface area contributed by atoms with Crippen LogP contribution in [0.4, 0.5) is 5.95 Å². The summed E-state index contributed by atoms with van der Waals surface area (Å²) in [7, 11) is 3.71. The van der Waals surface area contributed by atoms with E-state index >= 15 is 0 Å². The lowest BCUT2D eigenvalue weighted by molar-refractivity contribution is -0.143. The number of aliphatic hydroxyl groups excluding tert-OH is 1. The third-order valence-corrected chi connectivity index (χ3v) is 6.29. The quantitative estimate of drug-likeness (QED) is 0.530. The lowest BCUT2D eigenvalue weighted by Crippen LogP contribution is -2.51. The molecule has 0 saturated carbocycles. The first kappa shape index (κ1) is 23.9. The van der Waals surface area contributed by atoms with Crippen molar-refractivity contribution in [2.24, 2.45) is 5.92 Å². The number of hydrogen-bond acceptors (Lipinski definition) is 8. The van der Waals surface area contributed by atoms with Crippen molar-refractivity contribution in [3.05, 3.63) is 17.0 Å². The summed E-state index contributed by atoms with van der Waals surface area (Å²) in [4.78, 5) is 49.3. The standard InChI is InChI=1S/C20H30N6O3.CH2O2/c1-21-20-22-15-5-10-26(18(28)14-11-24(2)9-6-16(14)27)12-13(15)17(23-20)19(29)25-7-3-4-8-25;2-1-3/h14,16,27H,3-12H2,1-2H3,(H,21,22,23);1H,(H,2,3)/t14-,16+;/m1./s1. The second kappa shape index (κ2) is 10.7. The number of piperidine rings is 1. The molecule has 3 aliphatic heterocycles. The summed E-state index contributed by atoms with van der Waals surface area (Å²) in [6, 6.07) is 0. The largest absolute Gasteiger partial charge is 0.483 e. The van der Waals surface area contributed by atoms with Crippen molar-refractivity contribution in [3.8, 4) is 0 Å². The molecule has 1 aromatic rings. The SMILES string of the molecule is CNc1nc2c(c(C(=O)N3CCCC3)n1)CN(C(=O)[C@@H]1CN(C)CC[C@@H]1O)CC2.O=CO. The molecule has 11 nitrogen and oxygen atoms in total. The summed E-state index contributed by atoms with van der Waals surface area (Å²) in [5.74, 6) is -0.114. The number of aliphatic hydroxyl groups is 1. The predicted molar refractivity (Wildman–Crippen MR) is 116 cm³/mol. The molecule has 0 bridgehead atoms. The highest BCUT2D eigenvalue weighted by molar-refractivity contribution is 5.94. The lowest BCUT2D eigenvalue weighted by atomic mass is 9.92. The first-order chi connectivity index (χ1) is 15.4. The number of likely N-dealkylation sites (tertiary alicyclic amines) is 2. The molecule has 2 saturated heterocycles. The Morgan fingerprint density at radius 1 is 1.12 bits per heavy atom. The molecule has 4 heterocycles. The highest BCUT2D eigenvalue weighted by Gasteiger charge is 2.37. The zero-order chi connectivity index (χ0) is 23.3. The van der Waals surface area contributed by atoms with Gasteiger partial charge in [-0.1, -0.05) is 0 Å². The minimum atomic E-state index is -0.617. The Morgan fingerprint density at radius 2 is 1.81 bits per heavy atom. The van der Waals surface area contributed by atoms with E-state index in [1.165, 1.54) is 0 Å². The van der Waals surface area contributed by atoms with Gasteiger partial charge in [-0.3, -0.25) is 14.4 Å². The third-order valence-electron chi connectivity index (χ3n) is 6.29. The molecule has 3 N–H and O–H groups in total. The highest BCUT2D eigenvalue weighted by Crippen LogP contribution is 2.27. The zero-order valence-corrected chi connectivity index (χ0v) is 18.7. The third kappa shape index (κ3) is 5.16. The van der Waals surface area contributed by atoms with Gasteiger partial charge >= 0.3 is 0 Å². The van der Waals surface area contributed by atoms with Crippen molar-refractivity contribution in [3.63, 3.8) is 0 Å². The van der Waals surface area contributed by atoms with Crippen LogP contribution in [0.3, 0.4) is 0 Å². The molecule has 2 amide bonds. The minimum Gasteiger partial charge on any atom is -0.483 e. The van der Waals surface area contributed by atoms with E-state index in [9.17, 15) is 14.7 Å². The molecule has 11 heteroatoms. The van der Waals surface area contributed by atoms with E-state index in [4.69, 9.17) is 9.90 Å². The molecule has 2 fully saturated rings. The molecule has 176 valence electrons. The van der Waals surface area contributed by atoms with E-state index in [2.05, 4.69) is 20.2 Å². The van der Waals surface area contributed by atoms with Crippen molar-refractivity contribution in [2.75, 3.05) is 52.1 Å². The van der Waals surface area contributed by atoms with Gasteiger partial charge in [0, 0.05) is 58.3 Å². The van der Waals surface area contributed by atoms with E-state index < -0.39 is 12.0 Å². The molecule has 4 rings (SSSR count). The van der Waals surface area contributed by atoms with Crippen molar-refractivity contribution in [1.29, 1.82) is 0 Å². The van der Waals surface area contributed by atoms with Gasteiger partial charge in [-0.2, -0.15) is 0 Å². The monoisotopic (exact) mass is 448 g/mol. The molecule has 2 atom stereocenters. The summed E-state index contributed by atoms with van der Waals surface area (Å²) in [6.07, 6.45) is 2.58. The Kier molecular flexibility index (Phi) is 7.97. The molecule has 0 aliphatic carbocycles. The lowest BCUT2D eigenvalue weighted by Gasteiger charge is -2.38. The second-order valence-corrected chi connectivity index (χ2v) is 8.41. The molecular weight excluding hydrogens is 416 g/mol. The zero-order valence-electron chi connectivity index (χ0n) is 18.7. The molecule has 1 aromatic heterocycles. The van der Waals surface area contributed by atoms with Crippen LogP contribution in [0, 0.1) is 5.92 Å². The van der Waals surface area contributed by atoms with Crippen LogP contribution < -0.4 is 5.32 Å². The number of aromatic nitrogens is 2. The average molecular weight is 449 g/mol. The van der Waals surface area contributed by atoms with Gasteiger partial charge in [0.05, 0.1) is 17.7 Å². The topological polar surface area (TPSA) is 139 Å². The van der Waals surface area contributed by atoms with Crippen molar-refractivity contribution < 1.29 is 24.6 Å². The maximum Gasteiger partial charge on any atom is 0.290 e. The molecule has 32 heavy (non-hydrogen) atoms. The van der Waals surface area contributed by atoms with Crippen LogP contribution in [0.2, 0.25) is 0 Å². The van der Waals surface area contributed by atoms with Gasteiger partial charge in [0.1, 0.15) is 5.69 Å². The number of carboxylic acid groups (broad SMARTS) is 1. The van der Waals surface area contributed by atoms with Gasteiger partial charge in [-0.05, 0) is 26.3 Å². The number of nitrogens with zero attached hydrogens (tertiary/aromatic N) is 5. The molecule has 0 unspecified atom stereocenters. The Labute approximate surface area is 187 Å². The number of nitrogens with one attached hydrogen (secondary N) is 1. The van der Waals surface area contributed by atoms with E-state index in [0.29, 0.717) is 44.1 Å². The number of fused-ring (bicyclic) bond motifs is 1. The Hall–Kier alpha value is -2.79. The summed E-state index contributed by atoms with van der Waals surface area (Å²) >= 11 is 0. The molecule has 0 spiro atoms. The summed E-state index contributed by atoms with van der Waals surface area (Å²) < 4.78 is 0. The summed E-state index contributed by atoms with van der Waals surface area (Å²) in [6.45, 7) is 3.45. The van der Waals surface area contributed by atoms with E-state index in [0.717, 1.165) is 43.7 Å². The van der Waals surface area contributed by atoms with Crippen LogP contribution >= 0.6 is 0 Å². The Morgan fingerprint density at radius 3 is 2.47 bits per heavy atom. The van der Waals surface area contributed by atoms with Gasteiger partial charge < -0.3 is 30.2 Å². The van der Waals surface area contributed by atoms with Crippen molar-refractivity contribution >= 4 is 24.2 Å². The maximum atomic E-state index is 13.2. The number of hydrogen-bond donors (Lipinski definition) is 3. The fourth-order valence-corrected chi connectivity index (χ4v) is 4.54. The van der Waals surface area contributed by atoms with Gasteiger partial charge in [0.15, 0.2) is 0 Å². The van der Waals surface area contributed by atoms with E-state index in [1.807, 2.05) is 11.9 Å². The number of carbonyl (C=O) groups excluding carboxylic acids is 2. The van der Waals surface area contributed by atoms with Gasteiger partial charge in [0.25, 0.3) is 12.4 Å². The number of anilines is 1. The Bertz CT molecular complexity index is 844. The Balaban J connectivity index is 0.000000913. The van der Waals surface area contributed by atoms with Crippen LogP contribution in [0.15, 0.2) is 0 Å². The fraction of sp³-hybridized carbons (Fsp3) is 0.667. The molecule has 0 aromatic carbocycles. The van der Waals surface area contributed by atoms with Crippen molar-refractivity contribution in [2.45, 2.75) is 38.3 Å². The van der Waals surface area contributed by atoms with E-state index in [1.54, 1.807) is 11.9 Å². The predicted octanol–water partition coefficient (Wildman–Crippen LogP) is -0.348. The van der Waals surface area contributed by atoms with Gasteiger partial charge in [-0.15, -0.1) is 0 Å². The number of amides is 2. The smallest absolute Gasteiger partial charge is 0.290 e. The normalized spacial score (nSPS) is 23.1. The van der Waals surface area contributed by atoms with Crippen LogP contribution in [-0.4, -0.2) is 106 Å².